The minimum Gasteiger partial charge on any atom is -0.383 e. The summed E-state index contributed by atoms with van der Waals surface area (Å²) in [5.74, 6) is -2.21. The number of nitrogens with zero attached hydrogens (tertiary/aromatic N) is 2. The summed E-state index contributed by atoms with van der Waals surface area (Å²) in [5.41, 5.74) is 12.0. The molecule has 1 fully saturated rings. The number of hydrogen-bond donors (Lipinski definition) is 3. The lowest BCUT2D eigenvalue weighted by atomic mass is 9.95. The fourth-order valence-electron chi connectivity index (χ4n) is 3.25. The minimum atomic E-state index is -0.792. The summed E-state index contributed by atoms with van der Waals surface area (Å²) in [4.78, 5) is 42.0. The van der Waals surface area contributed by atoms with Crippen molar-refractivity contribution in [1.29, 1.82) is 0 Å². The van der Waals surface area contributed by atoms with E-state index in [0.29, 0.717) is 6.54 Å². The molecule has 5 N–H and O–H groups in total. The number of carbonyl (C=O) groups is 3. The molecule has 3 rings (SSSR count). The first kappa shape index (κ1) is 18.4. The van der Waals surface area contributed by atoms with Crippen LogP contribution in [0.1, 0.15) is 41.2 Å². The Labute approximate surface area is 156 Å². The van der Waals surface area contributed by atoms with E-state index in [1.165, 1.54) is 12.3 Å². The maximum Gasteiger partial charge on any atom is 0.313 e. The van der Waals surface area contributed by atoms with Crippen LogP contribution >= 0.6 is 0 Å². The van der Waals surface area contributed by atoms with E-state index in [1.807, 2.05) is 30.3 Å². The third-order valence-corrected chi connectivity index (χ3v) is 4.58. The summed E-state index contributed by atoms with van der Waals surface area (Å²) in [7, 11) is 0. The van der Waals surface area contributed by atoms with Gasteiger partial charge in [-0.25, -0.2) is 4.98 Å². The van der Waals surface area contributed by atoms with Gasteiger partial charge in [0.1, 0.15) is 5.82 Å². The molecule has 1 aromatic carbocycles. The molecule has 8 heteroatoms. The van der Waals surface area contributed by atoms with Crippen LogP contribution in [0.15, 0.2) is 42.6 Å². The third-order valence-electron chi connectivity index (χ3n) is 4.58. The van der Waals surface area contributed by atoms with Crippen molar-refractivity contribution in [3.63, 3.8) is 0 Å². The summed E-state index contributed by atoms with van der Waals surface area (Å²) < 4.78 is 0. The molecule has 27 heavy (non-hydrogen) atoms. The van der Waals surface area contributed by atoms with Gasteiger partial charge in [-0.15, -0.1) is 0 Å². The molecular formula is C19H21N5O3. The standard InChI is InChI=1S/C19H21N5O3/c20-16-14(17(21)25)10-13(11-22-16)23-18(26)19(27)24-9-5-4-8-15(24)12-6-2-1-3-7-12/h1-3,6-7,10-11,15H,4-5,8-9H2,(H2,20,22)(H2,21,25)(H,23,26). The summed E-state index contributed by atoms with van der Waals surface area (Å²) in [6.45, 7) is 0.512. The van der Waals surface area contributed by atoms with Gasteiger partial charge in [0.15, 0.2) is 0 Å². The van der Waals surface area contributed by atoms with Gasteiger partial charge in [-0.3, -0.25) is 14.4 Å². The molecule has 1 aromatic heterocycles. The van der Waals surface area contributed by atoms with Crippen molar-refractivity contribution in [2.24, 2.45) is 5.73 Å². The monoisotopic (exact) mass is 367 g/mol. The largest absolute Gasteiger partial charge is 0.383 e. The van der Waals surface area contributed by atoms with Crippen molar-refractivity contribution in [3.05, 3.63) is 53.7 Å². The van der Waals surface area contributed by atoms with Gasteiger partial charge in [0.2, 0.25) is 0 Å². The lowest BCUT2D eigenvalue weighted by molar-refractivity contribution is -0.145. The molecule has 0 bridgehead atoms. The molecule has 0 spiro atoms. The molecule has 0 radical (unpaired) electrons. The molecule has 1 unspecified atom stereocenters. The zero-order valence-corrected chi connectivity index (χ0v) is 14.7. The Bertz CT molecular complexity index is 869. The van der Waals surface area contributed by atoms with Crippen LogP contribution in [-0.2, 0) is 9.59 Å². The van der Waals surface area contributed by atoms with Gasteiger partial charge < -0.3 is 21.7 Å². The van der Waals surface area contributed by atoms with Gasteiger partial charge in [-0.05, 0) is 30.9 Å². The number of amides is 3. The Morgan fingerprint density at radius 1 is 1.15 bits per heavy atom. The van der Waals surface area contributed by atoms with Gasteiger partial charge in [-0.1, -0.05) is 30.3 Å². The topological polar surface area (TPSA) is 131 Å². The van der Waals surface area contributed by atoms with Crippen LogP contribution in [0.25, 0.3) is 0 Å². The molecule has 140 valence electrons. The quantitative estimate of drug-likeness (QED) is 0.707. The molecule has 1 aliphatic heterocycles. The SMILES string of the molecule is NC(=O)c1cc(NC(=O)C(=O)N2CCCCC2c2ccccc2)cnc1N. The van der Waals surface area contributed by atoms with E-state index >= 15 is 0 Å². The second-order valence-electron chi connectivity index (χ2n) is 6.40. The third kappa shape index (κ3) is 4.05. The zero-order chi connectivity index (χ0) is 19.4. The van der Waals surface area contributed by atoms with Crippen LogP contribution in [0, 0.1) is 0 Å². The fourth-order valence-corrected chi connectivity index (χ4v) is 3.25. The van der Waals surface area contributed by atoms with Gasteiger partial charge >= 0.3 is 11.8 Å². The summed E-state index contributed by atoms with van der Waals surface area (Å²) >= 11 is 0. The smallest absolute Gasteiger partial charge is 0.313 e. The molecule has 1 aliphatic rings. The maximum absolute atomic E-state index is 12.7. The highest BCUT2D eigenvalue weighted by Crippen LogP contribution is 2.31. The number of hydrogen-bond acceptors (Lipinski definition) is 5. The first-order valence-electron chi connectivity index (χ1n) is 8.69. The van der Waals surface area contributed by atoms with Crippen LogP contribution in [0.2, 0.25) is 0 Å². The number of nitrogens with two attached hydrogens (primary N) is 2. The van der Waals surface area contributed by atoms with Crippen LogP contribution in [-0.4, -0.2) is 34.2 Å². The lowest BCUT2D eigenvalue weighted by Crippen LogP contribution is -2.44. The number of anilines is 2. The summed E-state index contributed by atoms with van der Waals surface area (Å²) in [6.07, 6.45) is 3.92. The van der Waals surface area contributed by atoms with E-state index in [1.54, 1.807) is 4.90 Å². The van der Waals surface area contributed by atoms with Crippen molar-refractivity contribution >= 4 is 29.2 Å². The summed E-state index contributed by atoms with van der Waals surface area (Å²) in [5, 5.41) is 2.48. The Kier molecular flexibility index (Phi) is 5.35. The molecule has 3 amide bonds. The van der Waals surface area contributed by atoms with Gasteiger partial charge in [-0.2, -0.15) is 0 Å². The molecule has 1 atom stereocenters. The number of likely N-dealkylation sites (tertiary alicyclic amines) is 1. The number of rotatable bonds is 3. The maximum atomic E-state index is 12.7. The molecule has 8 nitrogen and oxygen atoms in total. The van der Waals surface area contributed by atoms with Crippen molar-refractivity contribution in [2.45, 2.75) is 25.3 Å². The number of aromatic nitrogens is 1. The van der Waals surface area contributed by atoms with Gasteiger partial charge in [0.25, 0.3) is 5.91 Å². The van der Waals surface area contributed by atoms with Crippen LogP contribution in [0.3, 0.4) is 0 Å². The Morgan fingerprint density at radius 3 is 2.59 bits per heavy atom. The number of carbonyl (C=O) groups excluding carboxylic acids is 3. The molecule has 2 heterocycles. The van der Waals surface area contributed by atoms with E-state index < -0.39 is 17.7 Å². The Morgan fingerprint density at radius 2 is 1.89 bits per heavy atom. The van der Waals surface area contributed by atoms with Crippen molar-refractivity contribution in [2.75, 3.05) is 17.6 Å². The zero-order valence-electron chi connectivity index (χ0n) is 14.7. The van der Waals surface area contributed by atoms with E-state index in [0.717, 1.165) is 24.8 Å². The van der Waals surface area contributed by atoms with Gasteiger partial charge in [0, 0.05) is 6.54 Å². The van der Waals surface area contributed by atoms with Crippen LogP contribution < -0.4 is 16.8 Å². The van der Waals surface area contributed by atoms with Crippen molar-refractivity contribution in [1.82, 2.24) is 9.88 Å². The van der Waals surface area contributed by atoms with Crippen molar-refractivity contribution in [3.8, 4) is 0 Å². The molecule has 0 saturated carbocycles. The van der Waals surface area contributed by atoms with E-state index in [-0.39, 0.29) is 23.1 Å². The lowest BCUT2D eigenvalue weighted by Gasteiger charge is -2.35. The molecule has 2 aromatic rings. The van der Waals surface area contributed by atoms with Crippen LogP contribution in [0.5, 0.6) is 0 Å². The second-order valence-corrected chi connectivity index (χ2v) is 6.40. The molecule has 0 aliphatic carbocycles. The molecule has 1 saturated heterocycles. The highest BCUT2D eigenvalue weighted by atomic mass is 16.2. The van der Waals surface area contributed by atoms with Crippen molar-refractivity contribution < 1.29 is 14.4 Å². The predicted octanol–water partition coefficient (Wildman–Crippen LogP) is 1.45. The average molecular weight is 367 g/mol. The van der Waals surface area contributed by atoms with Crippen LogP contribution in [0.4, 0.5) is 11.5 Å². The Balaban J connectivity index is 1.77. The minimum absolute atomic E-state index is 0.0135. The second kappa shape index (κ2) is 7.86. The number of primary amides is 1. The number of nitrogens with one attached hydrogen (secondary N) is 1. The number of benzene rings is 1. The number of piperidine rings is 1. The molecular weight excluding hydrogens is 346 g/mol. The normalized spacial score (nSPS) is 16.6. The Hall–Kier alpha value is -3.42. The van der Waals surface area contributed by atoms with E-state index in [2.05, 4.69) is 10.3 Å². The average Bonchev–Trinajstić information content (AvgIpc) is 2.69. The number of pyridine rings is 1. The first-order chi connectivity index (χ1) is 13.0. The summed E-state index contributed by atoms with van der Waals surface area (Å²) in [6, 6.07) is 10.8. The first-order valence-corrected chi connectivity index (χ1v) is 8.69. The van der Waals surface area contributed by atoms with Gasteiger partial charge in [0.05, 0.1) is 23.5 Å². The highest BCUT2D eigenvalue weighted by molar-refractivity contribution is 6.39. The predicted molar refractivity (Wildman–Crippen MR) is 101 cm³/mol. The number of nitrogen functional groups attached to an aromatic ring is 1. The van der Waals surface area contributed by atoms with E-state index in [4.69, 9.17) is 11.5 Å². The fraction of sp³-hybridized carbons (Fsp3) is 0.263. The van der Waals surface area contributed by atoms with E-state index in [9.17, 15) is 14.4 Å². The highest BCUT2D eigenvalue weighted by Gasteiger charge is 2.31.